The molecule has 0 aromatic heterocycles. The molecule has 1 aliphatic carbocycles. The minimum absolute atomic E-state index is 0.0497. The van der Waals surface area contributed by atoms with Gasteiger partial charge < -0.3 is 11.1 Å². The number of rotatable bonds is 6. The summed E-state index contributed by atoms with van der Waals surface area (Å²) in [7, 11) is 0. The minimum Gasteiger partial charge on any atom is -0.355 e. The lowest BCUT2D eigenvalue weighted by molar-refractivity contribution is -0.123. The van der Waals surface area contributed by atoms with Gasteiger partial charge in [0.05, 0.1) is 5.92 Å². The molecule has 21 heavy (non-hydrogen) atoms. The molecule has 4 unspecified atom stereocenters. The first-order chi connectivity index (χ1) is 10.1. The number of hydrogen-bond donors (Lipinski definition) is 2. The fourth-order valence-electron chi connectivity index (χ4n) is 3.29. The lowest BCUT2D eigenvalue weighted by Crippen LogP contribution is -2.35. The summed E-state index contributed by atoms with van der Waals surface area (Å²) in [6, 6.07) is 10.5. The summed E-state index contributed by atoms with van der Waals surface area (Å²) < 4.78 is 0. The Labute approximate surface area is 128 Å². The van der Waals surface area contributed by atoms with Gasteiger partial charge in [-0.1, -0.05) is 50.6 Å². The summed E-state index contributed by atoms with van der Waals surface area (Å²) in [5, 5.41) is 3.16. The maximum Gasteiger partial charge on any atom is 0.227 e. The molecular weight excluding hydrogens is 260 g/mol. The first-order valence-electron chi connectivity index (χ1n) is 8.20. The van der Waals surface area contributed by atoms with Crippen molar-refractivity contribution < 1.29 is 4.79 Å². The fourth-order valence-corrected chi connectivity index (χ4v) is 3.29. The van der Waals surface area contributed by atoms with Crippen LogP contribution in [0.5, 0.6) is 0 Å². The van der Waals surface area contributed by atoms with Crippen molar-refractivity contribution in [2.75, 3.05) is 6.54 Å². The summed E-state index contributed by atoms with van der Waals surface area (Å²) in [5.41, 5.74) is 7.06. The summed E-state index contributed by atoms with van der Waals surface area (Å²) in [4.78, 5) is 12.6. The van der Waals surface area contributed by atoms with E-state index in [-0.39, 0.29) is 11.8 Å². The van der Waals surface area contributed by atoms with Gasteiger partial charge in [-0.2, -0.15) is 0 Å². The molecule has 0 aliphatic heterocycles. The minimum atomic E-state index is -0.0497. The topological polar surface area (TPSA) is 55.1 Å². The van der Waals surface area contributed by atoms with Crippen molar-refractivity contribution >= 4 is 5.91 Å². The van der Waals surface area contributed by atoms with Gasteiger partial charge in [0.15, 0.2) is 0 Å². The van der Waals surface area contributed by atoms with Crippen LogP contribution in [0.2, 0.25) is 0 Å². The quantitative estimate of drug-likeness (QED) is 0.845. The highest BCUT2D eigenvalue weighted by molar-refractivity contribution is 5.83. The highest BCUT2D eigenvalue weighted by Crippen LogP contribution is 2.28. The zero-order valence-electron chi connectivity index (χ0n) is 13.2. The third kappa shape index (κ3) is 4.31. The zero-order chi connectivity index (χ0) is 15.2. The molecule has 0 heterocycles. The maximum atomic E-state index is 12.6. The molecule has 3 heteroatoms. The van der Waals surface area contributed by atoms with Crippen LogP contribution >= 0.6 is 0 Å². The van der Waals surface area contributed by atoms with E-state index in [0.29, 0.717) is 17.9 Å². The van der Waals surface area contributed by atoms with E-state index in [9.17, 15) is 4.79 Å². The predicted octanol–water partition coefficient (Wildman–Crippen LogP) is 3.06. The number of carbonyl (C=O) groups excluding carboxylic acids is 1. The summed E-state index contributed by atoms with van der Waals surface area (Å²) >= 11 is 0. The number of hydrogen-bond acceptors (Lipinski definition) is 2. The molecule has 4 atom stereocenters. The van der Waals surface area contributed by atoms with Crippen LogP contribution in [0.4, 0.5) is 0 Å². The molecule has 1 amide bonds. The van der Waals surface area contributed by atoms with E-state index in [1.165, 1.54) is 0 Å². The Hall–Kier alpha value is -1.35. The maximum absolute atomic E-state index is 12.6. The Morgan fingerprint density at radius 1 is 1.33 bits per heavy atom. The SMILES string of the molecule is CCC(C)C(C(=O)NCC1CCC(N)C1)c1ccccc1. The van der Waals surface area contributed by atoms with E-state index in [4.69, 9.17) is 5.73 Å². The summed E-state index contributed by atoms with van der Waals surface area (Å²) in [6.07, 6.45) is 4.27. The lowest BCUT2D eigenvalue weighted by Gasteiger charge is -2.23. The molecule has 1 saturated carbocycles. The standard InChI is InChI=1S/C18H28N2O/c1-3-13(2)17(15-7-5-4-6-8-15)18(21)20-12-14-9-10-16(19)11-14/h4-8,13-14,16-17H,3,9-12,19H2,1-2H3,(H,20,21). The van der Waals surface area contributed by atoms with E-state index in [2.05, 4.69) is 31.3 Å². The average molecular weight is 288 g/mol. The molecule has 0 spiro atoms. The van der Waals surface area contributed by atoms with Crippen LogP contribution in [-0.2, 0) is 4.79 Å². The third-order valence-corrected chi connectivity index (χ3v) is 4.80. The second kappa shape index (κ2) is 7.60. The molecule has 0 radical (unpaired) electrons. The van der Waals surface area contributed by atoms with Gasteiger partial charge >= 0.3 is 0 Å². The molecule has 2 rings (SSSR count). The van der Waals surface area contributed by atoms with E-state index in [1.807, 2.05) is 18.2 Å². The van der Waals surface area contributed by atoms with Crippen LogP contribution in [0.1, 0.15) is 51.0 Å². The zero-order valence-corrected chi connectivity index (χ0v) is 13.2. The van der Waals surface area contributed by atoms with Gasteiger partial charge in [0.1, 0.15) is 0 Å². The first kappa shape index (κ1) is 16.0. The van der Waals surface area contributed by atoms with Gasteiger partial charge in [0.25, 0.3) is 0 Å². The number of benzene rings is 1. The number of nitrogens with one attached hydrogen (secondary N) is 1. The molecule has 0 saturated heterocycles. The number of carbonyl (C=O) groups is 1. The van der Waals surface area contributed by atoms with Crippen molar-refractivity contribution in [1.29, 1.82) is 0 Å². The van der Waals surface area contributed by atoms with Crippen LogP contribution in [-0.4, -0.2) is 18.5 Å². The Morgan fingerprint density at radius 2 is 2.05 bits per heavy atom. The van der Waals surface area contributed by atoms with Crippen LogP contribution < -0.4 is 11.1 Å². The largest absolute Gasteiger partial charge is 0.355 e. The molecule has 3 N–H and O–H groups in total. The smallest absolute Gasteiger partial charge is 0.227 e. The Morgan fingerprint density at radius 3 is 2.62 bits per heavy atom. The van der Waals surface area contributed by atoms with Crippen LogP contribution in [0, 0.1) is 11.8 Å². The van der Waals surface area contributed by atoms with E-state index >= 15 is 0 Å². The Bertz CT molecular complexity index is 446. The van der Waals surface area contributed by atoms with Gasteiger partial charge in [-0.25, -0.2) is 0 Å². The van der Waals surface area contributed by atoms with Crippen molar-refractivity contribution in [2.45, 2.75) is 51.5 Å². The van der Waals surface area contributed by atoms with Crippen LogP contribution in [0.25, 0.3) is 0 Å². The summed E-state index contributed by atoms with van der Waals surface area (Å²) in [5.74, 6) is 1.01. The van der Waals surface area contributed by atoms with Gasteiger partial charge in [-0.15, -0.1) is 0 Å². The van der Waals surface area contributed by atoms with Crippen molar-refractivity contribution in [3.63, 3.8) is 0 Å². The van der Waals surface area contributed by atoms with Gasteiger partial charge in [0, 0.05) is 12.6 Å². The molecule has 1 fully saturated rings. The molecule has 1 aromatic carbocycles. The normalized spacial score (nSPS) is 24.5. The van der Waals surface area contributed by atoms with Crippen molar-refractivity contribution in [3.05, 3.63) is 35.9 Å². The molecule has 3 nitrogen and oxygen atoms in total. The number of nitrogens with two attached hydrogens (primary N) is 1. The molecule has 1 aliphatic rings. The highest BCUT2D eigenvalue weighted by Gasteiger charge is 2.27. The molecular formula is C18H28N2O. The average Bonchev–Trinajstić information content (AvgIpc) is 2.92. The van der Waals surface area contributed by atoms with Gasteiger partial charge in [0.2, 0.25) is 5.91 Å². The van der Waals surface area contributed by atoms with Crippen LogP contribution in [0.3, 0.4) is 0 Å². The summed E-state index contributed by atoms with van der Waals surface area (Å²) in [6.45, 7) is 5.07. The third-order valence-electron chi connectivity index (χ3n) is 4.80. The van der Waals surface area contributed by atoms with Crippen molar-refractivity contribution in [2.24, 2.45) is 17.6 Å². The van der Waals surface area contributed by atoms with Crippen molar-refractivity contribution in [3.8, 4) is 0 Å². The highest BCUT2D eigenvalue weighted by atomic mass is 16.1. The first-order valence-corrected chi connectivity index (χ1v) is 8.20. The Kier molecular flexibility index (Phi) is 5.80. The number of amides is 1. The van der Waals surface area contributed by atoms with E-state index in [1.54, 1.807) is 0 Å². The van der Waals surface area contributed by atoms with Crippen LogP contribution in [0.15, 0.2) is 30.3 Å². The molecule has 0 bridgehead atoms. The fraction of sp³-hybridized carbons (Fsp3) is 0.611. The second-order valence-corrected chi connectivity index (χ2v) is 6.46. The van der Waals surface area contributed by atoms with E-state index < -0.39 is 0 Å². The second-order valence-electron chi connectivity index (χ2n) is 6.46. The molecule has 1 aromatic rings. The molecule has 116 valence electrons. The lowest BCUT2D eigenvalue weighted by atomic mass is 9.85. The van der Waals surface area contributed by atoms with Gasteiger partial charge in [-0.05, 0) is 36.7 Å². The van der Waals surface area contributed by atoms with Crippen molar-refractivity contribution in [1.82, 2.24) is 5.32 Å². The van der Waals surface area contributed by atoms with Gasteiger partial charge in [-0.3, -0.25) is 4.79 Å². The monoisotopic (exact) mass is 288 g/mol. The predicted molar refractivity (Wildman–Crippen MR) is 87.0 cm³/mol. The van der Waals surface area contributed by atoms with E-state index in [0.717, 1.165) is 37.8 Å². The Balaban J connectivity index is 1.98.